The van der Waals surface area contributed by atoms with Gasteiger partial charge in [0.05, 0.1) is 5.56 Å². The van der Waals surface area contributed by atoms with Gasteiger partial charge in [0.2, 0.25) is 0 Å². The molecule has 3 heteroatoms. The Hall–Kier alpha value is -1.51. The van der Waals surface area contributed by atoms with Gasteiger partial charge in [0.1, 0.15) is 6.10 Å². The lowest BCUT2D eigenvalue weighted by atomic mass is 9.88. The largest absolute Gasteiger partial charge is 0.458 e. The molecule has 0 aliphatic heterocycles. The molecule has 0 amide bonds. The Morgan fingerprint density at radius 2 is 2.06 bits per heavy atom. The third-order valence-corrected chi connectivity index (χ3v) is 3.81. The molecule has 1 aromatic rings. The fourth-order valence-corrected chi connectivity index (χ4v) is 2.43. The van der Waals surface area contributed by atoms with E-state index in [0.717, 1.165) is 24.8 Å². The van der Waals surface area contributed by atoms with Crippen molar-refractivity contribution < 1.29 is 9.53 Å². The first-order valence-electron chi connectivity index (χ1n) is 6.65. The van der Waals surface area contributed by atoms with Gasteiger partial charge in [-0.25, -0.2) is 4.79 Å². The van der Waals surface area contributed by atoms with Gasteiger partial charge in [0, 0.05) is 5.69 Å². The zero-order valence-electron chi connectivity index (χ0n) is 11.1. The van der Waals surface area contributed by atoms with Gasteiger partial charge >= 0.3 is 5.97 Å². The maximum absolute atomic E-state index is 12.0. The van der Waals surface area contributed by atoms with Crippen LogP contribution in [0.1, 0.15) is 48.5 Å². The van der Waals surface area contributed by atoms with Crippen LogP contribution in [0, 0.1) is 12.8 Å². The van der Waals surface area contributed by atoms with E-state index < -0.39 is 0 Å². The summed E-state index contributed by atoms with van der Waals surface area (Å²) in [5.41, 5.74) is 7.99. The zero-order valence-corrected chi connectivity index (χ0v) is 11.1. The average molecular weight is 247 g/mol. The van der Waals surface area contributed by atoms with Gasteiger partial charge in [-0.15, -0.1) is 0 Å². The van der Waals surface area contributed by atoms with Crippen LogP contribution < -0.4 is 5.73 Å². The van der Waals surface area contributed by atoms with E-state index in [1.165, 1.54) is 6.42 Å². The molecule has 0 radical (unpaired) electrons. The Morgan fingerprint density at radius 3 is 2.72 bits per heavy atom. The number of aryl methyl sites for hydroxylation is 1. The predicted molar refractivity (Wildman–Crippen MR) is 72.4 cm³/mol. The number of esters is 1. The normalized spacial score (nSPS) is 23.7. The number of anilines is 1. The average Bonchev–Trinajstić information content (AvgIpc) is 2.35. The topological polar surface area (TPSA) is 52.3 Å². The zero-order chi connectivity index (χ0) is 13.1. The summed E-state index contributed by atoms with van der Waals surface area (Å²) < 4.78 is 5.59. The third-order valence-electron chi connectivity index (χ3n) is 3.81. The summed E-state index contributed by atoms with van der Waals surface area (Å²) in [4.78, 5) is 12.0. The molecule has 2 unspecified atom stereocenters. The fraction of sp³-hybridized carbons (Fsp3) is 0.533. The third kappa shape index (κ3) is 2.84. The summed E-state index contributed by atoms with van der Waals surface area (Å²) in [5, 5.41) is 0. The highest BCUT2D eigenvalue weighted by molar-refractivity contribution is 5.90. The van der Waals surface area contributed by atoms with E-state index in [0.29, 0.717) is 17.2 Å². The van der Waals surface area contributed by atoms with Crippen molar-refractivity contribution in [1.29, 1.82) is 0 Å². The van der Waals surface area contributed by atoms with Crippen LogP contribution in [0.2, 0.25) is 0 Å². The Labute approximate surface area is 108 Å². The highest BCUT2D eigenvalue weighted by Crippen LogP contribution is 2.27. The number of nitrogen functional groups attached to an aromatic ring is 1. The smallest absolute Gasteiger partial charge is 0.338 e. The predicted octanol–water partition coefficient (Wildman–Crippen LogP) is 3.31. The molecule has 1 saturated carbocycles. The number of carbonyl (C=O) groups excluding carboxylic acids is 1. The van der Waals surface area contributed by atoms with Crippen molar-refractivity contribution in [3.63, 3.8) is 0 Å². The monoisotopic (exact) mass is 247 g/mol. The lowest BCUT2D eigenvalue weighted by Crippen LogP contribution is -2.28. The first-order valence-corrected chi connectivity index (χ1v) is 6.65. The Morgan fingerprint density at radius 1 is 1.33 bits per heavy atom. The van der Waals surface area contributed by atoms with E-state index in [-0.39, 0.29) is 12.1 Å². The van der Waals surface area contributed by atoms with Gasteiger partial charge in [-0.1, -0.05) is 19.4 Å². The minimum absolute atomic E-state index is 0.0637. The molecule has 2 rings (SSSR count). The molecule has 3 nitrogen and oxygen atoms in total. The summed E-state index contributed by atoms with van der Waals surface area (Å²) in [6.07, 6.45) is 4.58. The maximum Gasteiger partial charge on any atom is 0.338 e. The molecule has 1 fully saturated rings. The summed E-state index contributed by atoms with van der Waals surface area (Å²) in [7, 11) is 0. The van der Waals surface area contributed by atoms with Crippen LogP contribution >= 0.6 is 0 Å². The molecule has 2 atom stereocenters. The molecule has 0 bridgehead atoms. The lowest BCUT2D eigenvalue weighted by Gasteiger charge is -2.28. The second-order valence-corrected chi connectivity index (χ2v) is 5.28. The number of rotatable bonds is 2. The highest BCUT2D eigenvalue weighted by Gasteiger charge is 2.25. The molecule has 2 N–H and O–H groups in total. The van der Waals surface area contributed by atoms with Crippen molar-refractivity contribution in [3.05, 3.63) is 29.3 Å². The van der Waals surface area contributed by atoms with E-state index in [1.54, 1.807) is 12.1 Å². The van der Waals surface area contributed by atoms with Crippen molar-refractivity contribution in [1.82, 2.24) is 0 Å². The van der Waals surface area contributed by atoms with E-state index in [1.807, 2.05) is 13.0 Å². The number of benzene rings is 1. The van der Waals surface area contributed by atoms with Gasteiger partial charge in [-0.3, -0.25) is 0 Å². The Bertz CT molecular complexity index is 442. The summed E-state index contributed by atoms with van der Waals surface area (Å²) in [5.74, 6) is 0.214. The molecule has 0 heterocycles. The van der Waals surface area contributed by atoms with Crippen molar-refractivity contribution in [2.24, 2.45) is 5.92 Å². The molecule has 0 aromatic heterocycles. The van der Waals surface area contributed by atoms with Gasteiger partial charge in [0.25, 0.3) is 0 Å². The molecule has 1 aliphatic carbocycles. The van der Waals surface area contributed by atoms with Crippen LogP contribution in [-0.4, -0.2) is 12.1 Å². The number of hydrogen-bond acceptors (Lipinski definition) is 3. The second-order valence-electron chi connectivity index (χ2n) is 5.28. The van der Waals surface area contributed by atoms with Crippen LogP contribution in [0.15, 0.2) is 18.2 Å². The van der Waals surface area contributed by atoms with Gasteiger partial charge in [-0.2, -0.15) is 0 Å². The molecular formula is C15H21NO2. The van der Waals surface area contributed by atoms with Crippen LogP contribution in [0.5, 0.6) is 0 Å². The van der Waals surface area contributed by atoms with Gasteiger partial charge in [-0.05, 0) is 49.8 Å². The van der Waals surface area contributed by atoms with Crippen molar-refractivity contribution in [3.8, 4) is 0 Å². The Kier molecular flexibility index (Phi) is 3.90. The second kappa shape index (κ2) is 5.42. The number of hydrogen-bond donors (Lipinski definition) is 1. The van der Waals surface area contributed by atoms with E-state index in [4.69, 9.17) is 10.5 Å². The van der Waals surface area contributed by atoms with E-state index in [9.17, 15) is 4.79 Å². The molecule has 0 spiro atoms. The quantitative estimate of drug-likeness (QED) is 0.644. The van der Waals surface area contributed by atoms with Crippen LogP contribution in [0.3, 0.4) is 0 Å². The fourth-order valence-electron chi connectivity index (χ4n) is 2.43. The number of carbonyl (C=O) groups is 1. The first-order chi connectivity index (χ1) is 8.58. The molecule has 98 valence electrons. The first kappa shape index (κ1) is 12.9. The van der Waals surface area contributed by atoms with Gasteiger partial charge in [0.15, 0.2) is 0 Å². The molecule has 1 aromatic carbocycles. The van der Waals surface area contributed by atoms with Crippen LogP contribution in [0.4, 0.5) is 5.69 Å². The molecular weight excluding hydrogens is 226 g/mol. The summed E-state index contributed by atoms with van der Waals surface area (Å²) >= 11 is 0. The number of nitrogens with two attached hydrogens (primary N) is 1. The molecule has 0 saturated heterocycles. The number of ether oxygens (including phenoxy) is 1. The SMILES string of the molecule is Cc1ccc(C(=O)OC2CCCCC2C)cc1N. The van der Waals surface area contributed by atoms with E-state index >= 15 is 0 Å². The minimum atomic E-state index is -0.250. The van der Waals surface area contributed by atoms with Crippen molar-refractivity contribution in [2.45, 2.75) is 45.6 Å². The lowest BCUT2D eigenvalue weighted by molar-refractivity contribution is 0.00482. The Balaban J connectivity index is 2.04. The van der Waals surface area contributed by atoms with Crippen molar-refractivity contribution in [2.75, 3.05) is 5.73 Å². The van der Waals surface area contributed by atoms with E-state index in [2.05, 4.69) is 6.92 Å². The standard InChI is InChI=1S/C15H21NO2/c1-10-7-8-12(9-13(10)16)15(17)18-14-6-4-3-5-11(14)2/h7-9,11,14H,3-6,16H2,1-2H3. The highest BCUT2D eigenvalue weighted by atomic mass is 16.5. The van der Waals surface area contributed by atoms with Crippen molar-refractivity contribution >= 4 is 11.7 Å². The van der Waals surface area contributed by atoms with Crippen LogP contribution in [-0.2, 0) is 4.74 Å². The van der Waals surface area contributed by atoms with Gasteiger partial charge < -0.3 is 10.5 Å². The summed E-state index contributed by atoms with van der Waals surface area (Å²) in [6, 6.07) is 5.34. The maximum atomic E-state index is 12.0. The van der Waals surface area contributed by atoms with Crippen LogP contribution in [0.25, 0.3) is 0 Å². The minimum Gasteiger partial charge on any atom is -0.458 e. The summed E-state index contributed by atoms with van der Waals surface area (Å²) in [6.45, 7) is 4.08. The molecule has 1 aliphatic rings. The molecule has 18 heavy (non-hydrogen) atoms.